The van der Waals surface area contributed by atoms with Gasteiger partial charge in [0.25, 0.3) is 0 Å². The second-order valence-electron chi connectivity index (χ2n) is 4.65. The molecule has 0 spiro atoms. The SMILES string of the molecule is CC(C)(C)O.CC(C)NC(C)C.[H-].[Li+]. The minimum atomic E-state index is -0.500. The van der Waals surface area contributed by atoms with Crippen molar-refractivity contribution in [3.63, 3.8) is 0 Å². The molecule has 0 rings (SSSR count). The quantitative estimate of drug-likeness (QED) is 0.554. The molecule has 0 saturated carbocycles. The van der Waals surface area contributed by atoms with Crippen molar-refractivity contribution in [2.24, 2.45) is 0 Å². The average molecular weight is 183 g/mol. The number of nitrogens with one attached hydrogen (secondary N) is 1. The van der Waals surface area contributed by atoms with Gasteiger partial charge in [-0.2, -0.15) is 0 Å². The van der Waals surface area contributed by atoms with Gasteiger partial charge < -0.3 is 11.8 Å². The van der Waals surface area contributed by atoms with E-state index in [2.05, 4.69) is 33.0 Å². The molecule has 0 aromatic heterocycles. The summed E-state index contributed by atoms with van der Waals surface area (Å²) in [6.45, 7) is 13.8. The predicted molar refractivity (Wildman–Crippen MR) is 56.5 cm³/mol. The molecule has 2 N–H and O–H groups in total. The third kappa shape index (κ3) is 67.9. The molecule has 0 radical (unpaired) electrons. The minimum absolute atomic E-state index is 0. The summed E-state index contributed by atoms with van der Waals surface area (Å²) in [5.41, 5.74) is -0.500. The van der Waals surface area contributed by atoms with Gasteiger partial charge in [0.15, 0.2) is 0 Å². The van der Waals surface area contributed by atoms with Crippen molar-refractivity contribution in [2.75, 3.05) is 0 Å². The van der Waals surface area contributed by atoms with Gasteiger partial charge in [0.1, 0.15) is 0 Å². The molecule has 0 aliphatic carbocycles. The fraction of sp³-hybridized carbons (Fsp3) is 1.00. The predicted octanol–water partition coefficient (Wildman–Crippen LogP) is -0.713. The fourth-order valence-corrected chi connectivity index (χ4v) is 0.667. The van der Waals surface area contributed by atoms with Gasteiger partial charge in [0.05, 0.1) is 5.60 Å². The molecule has 2 nitrogen and oxygen atoms in total. The van der Waals surface area contributed by atoms with E-state index >= 15 is 0 Å². The Hall–Kier alpha value is 0.517. The Morgan fingerprint density at radius 1 is 1.00 bits per heavy atom. The molecule has 0 aliphatic rings. The molecule has 0 atom stereocenters. The third-order valence-corrected chi connectivity index (χ3v) is 0.667. The van der Waals surface area contributed by atoms with E-state index < -0.39 is 5.60 Å². The van der Waals surface area contributed by atoms with E-state index in [1.165, 1.54) is 0 Å². The van der Waals surface area contributed by atoms with E-state index in [-0.39, 0.29) is 20.3 Å². The van der Waals surface area contributed by atoms with Crippen molar-refractivity contribution in [1.29, 1.82) is 0 Å². The van der Waals surface area contributed by atoms with Gasteiger partial charge in [0.2, 0.25) is 0 Å². The Balaban J connectivity index is -0.0000000651. The molecule has 0 saturated heterocycles. The van der Waals surface area contributed by atoms with Crippen LogP contribution in [0.2, 0.25) is 0 Å². The maximum Gasteiger partial charge on any atom is 1.00 e. The van der Waals surface area contributed by atoms with Crippen LogP contribution in [0.15, 0.2) is 0 Å². The zero-order valence-corrected chi connectivity index (χ0v) is 10.6. The summed E-state index contributed by atoms with van der Waals surface area (Å²) in [5.74, 6) is 0. The number of hydrogen-bond acceptors (Lipinski definition) is 2. The average Bonchev–Trinajstić information content (AvgIpc) is 1.52. The van der Waals surface area contributed by atoms with Crippen LogP contribution in [0.5, 0.6) is 0 Å². The summed E-state index contributed by atoms with van der Waals surface area (Å²) in [4.78, 5) is 0. The monoisotopic (exact) mass is 183 g/mol. The van der Waals surface area contributed by atoms with Gasteiger partial charge in [-0.15, -0.1) is 0 Å². The van der Waals surface area contributed by atoms with Crippen molar-refractivity contribution in [2.45, 2.75) is 66.2 Å². The van der Waals surface area contributed by atoms with Gasteiger partial charge >= 0.3 is 18.9 Å². The van der Waals surface area contributed by atoms with Crippen LogP contribution in [0.1, 0.15) is 49.9 Å². The Kier molecular flexibility index (Phi) is 13.4. The summed E-state index contributed by atoms with van der Waals surface area (Å²) < 4.78 is 0. The number of aliphatic hydroxyl groups is 1. The second kappa shape index (κ2) is 9.09. The van der Waals surface area contributed by atoms with Gasteiger partial charge in [-0.1, -0.05) is 27.7 Å². The Labute approximate surface area is 97.2 Å². The molecule has 0 fully saturated rings. The molecular weight excluding hydrogens is 157 g/mol. The van der Waals surface area contributed by atoms with Crippen LogP contribution >= 0.6 is 0 Å². The van der Waals surface area contributed by atoms with Crippen LogP contribution in [0.4, 0.5) is 0 Å². The molecule has 0 aromatic rings. The maximum atomic E-state index is 8.52. The first-order valence-corrected chi connectivity index (χ1v) is 4.61. The van der Waals surface area contributed by atoms with E-state index in [0.29, 0.717) is 12.1 Å². The van der Waals surface area contributed by atoms with Crippen molar-refractivity contribution in [1.82, 2.24) is 5.32 Å². The summed E-state index contributed by atoms with van der Waals surface area (Å²) in [5, 5.41) is 11.8. The van der Waals surface area contributed by atoms with E-state index in [9.17, 15) is 0 Å². The summed E-state index contributed by atoms with van der Waals surface area (Å²) >= 11 is 0. The maximum absolute atomic E-state index is 8.52. The molecule has 3 heteroatoms. The molecule has 0 aromatic carbocycles. The fourth-order valence-electron chi connectivity index (χ4n) is 0.667. The normalized spacial score (nSPS) is 10.6. The minimum Gasteiger partial charge on any atom is -1.00 e. The Bertz CT molecular complexity index is 90.8. The van der Waals surface area contributed by atoms with Crippen LogP contribution in [0, 0.1) is 0 Å². The van der Waals surface area contributed by atoms with Crippen molar-refractivity contribution < 1.29 is 25.4 Å². The standard InChI is InChI=1S/C6H15N.C4H10O.Li.H/c1-5(2)7-6(3)4;1-4(2,3)5;;/h5-7H,1-4H3;5H,1-3H3;;/q;;+1;-1. The summed E-state index contributed by atoms with van der Waals surface area (Å²) in [6, 6.07) is 1.25. The van der Waals surface area contributed by atoms with E-state index in [4.69, 9.17) is 5.11 Å². The van der Waals surface area contributed by atoms with E-state index in [1.54, 1.807) is 20.8 Å². The van der Waals surface area contributed by atoms with Crippen molar-refractivity contribution in [3.8, 4) is 0 Å². The zero-order valence-electron chi connectivity index (χ0n) is 11.6. The molecule has 0 unspecified atom stereocenters. The van der Waals surface area contributed by atoms with Crippen molar-refractivity contribution >= 4 is 0 Å². The van der Waals surface area contributed by atoms with Crippen LogP contribution < -0.4 is 24.2 Å². The first-order chi connectivity index (χ1) is 5.13. The molecule has 13 heavy (non-hydrogen) atoms. The van der Waals surface area contributed by atoms with Gasteiger partial charge in [-0.25, -0.2) is 0 Å². The molecule has 0 amide bonds. The summed E-state index contributed by atoms with van der Waals surface area (Å²) in [6.07, 6.45) is 0. The molecule has 0 heterocycles. The molecule has 0 bridgehead atoms. The van der Waals surface area contributed by atoms with Gasteiger partial charge in [-0.3, -0.25) is 0 Å². The summed E-state index contributed by atoms with van der Waals surface area (Å²) in [7, 11) is 0. The van der Waals surface area contributed by atoms with Crippen LogP contribution in [0.3, 0.4) is 0 Å². The van der Waals surface area contributed by atoms with Crippen LogP contribution in [-0.2, 0) is 0 Å². The number of rotatable bonds is 2. The second-order valence-corrected chi connectivity index (χ2v) is 4.65. The Morgan fingerprint density at radius 2 is 1.15 bits per heavy atom. The Morgan fingerprint density at radius 3 is 1.15 bits per heavy atom. The van der Waals surface area contributed by atoms with Crippen molar-refractivity contribution in [3.05, 3.63) is 0 Å². The first kappa shape index (κ1) is 19.1. The van der Waals surface area contributed by atoms with E-state index in [0.717, 1.165) is 0 Å². The topological polar surface area (TPSA) is 32.3 Å². The third-order valence-electron chi connectivity index (χ3n) is 0.667. The molecule has 0 aliphatic heterocycles. The largest absolute Gasteiger partial charge is 1.00 e. The number of hydrogen-bond donors (Lipinski definition) is 2. The zero-order chi connectivity index (χ0) is 10.4. The van der Waals surface area contributed by atoms with Crippen LogP contribution in [0.25, 0.3) is 0 Å². The van der Waals surface area contributed by atoms with E-state index in [1.807, 2.05) is 0 Å². The molecule has 78 valence electrons. The van der Waals surface area contributed by atoms with Crippen LogP contribution in [-0.4, -0.2) is 22.8 Å². The molecular formula is C10H26LiNO. The first-order valence-electron chi connectivity index (χ1n) is 4.61. The smallest absolute Gasteiger partial charge is 1.00 e. The van der Waals surface area contributed by atoms with Gasteiger partial charge in [-0.05, 0) is 20.8 Å². The van der Waals surface area contributed by atoms with Gasteiger partial charge in [0, 0.05) is 12.1 Å².